The first kappa shape index (κ1) is 17.8. The molecule has 8 nitrogen and oxygen atoms in total. The van der Waals surface area contributed by atoms with Gasteiger partial charge < -0.3 is 24.4 Å². The monoisotopic (exact) mass is 358 g/mol. The molecule has 0 unspecified atom stereocenters. The molecule has 1 aromatic heterocycles. The van der Waals surface area contributed by atoms with E-state index in [1.807, 2.05) is 0 Å². The van der Waals surface area contributed by atoms with Gasteiger partial charge in [0, 0.05) is 50.1 Å². The third-order valence-corrected chi connectivity index (χ3v) is 4.18. The Morgan fingerprint density at radius 3 is 2.46 bits per heavy atom. The van der Waals surface area contributed by atoms with Crippen molar-refractivity contribution in [2.24, 2.45) is 0 Å². The van der Waals surface area contributed by atoms with Crippen molar-refractivity contribution < 1.29 is 19.0 Å². The van der Waals surface area contributed by atoms with Gasteiger partial charge in [0.1, 0.15) is 6.10 Å². The second-order valence-corrected chi connectivity index (χ2v) is 5.84. The van der Waals surface area contributed by atoms with Gasteiger partial charge in [0.15, 0.2) is 11.5 Å². The number of rotatable bonds is 5. The molecule has 8 heteroatoms. The maximum Gasteiger partial charge on any atom is 0.321 e. The number of hydrogen-bond donors (Lipinski definition) is 1. The molecule has 1 aliphatic rings. The fourth-order valence-electron chi connectivity index (χ4n) is 2.79. The molecule has 1 aliphatic heterocycles. The summed E-state index contributed by atoms with van der Waals surface area (Å²) in [6, 6.07) is 7.25. The molecule has 138 valence electrons. The molecular weight excluding hydrogens is 336 g/mol. The van der Waals surface area contributed by atoms with Gasteiger partial charge in [-0.1, -0.05) is 0 Å². The Morgan fingerprint density at radius 2 is 1.81 bits per heavy atom. The summed E-state index contributed by atoms with van der Waals surface area (Å²) in [6.07, 6.45) is 4.78. The van der Waals surface area contributed by atoms with Crippen LogP contribution in [-0.2, 0) is 0 Å². The number of amides is 2. The predicted octanol–water partition coefficient (Wildman–Crippen LogP) is 2.57. The van der Waals surface area contributed by atoms with E-state index in [0.29, 0.717) is 36.3 Å². The van der Waals surface area contributed by atoms with Crippen LogP contribution in [0, 0.1) is 0 Å². The van der Waals surface area contributed by atoms with Crippen LogP contribution in [0.15, 0.2) is 36.7 Å². The van der Waals surface area contributed by atoms with Crippen molar-refractivity contribution in [2.45, 2.75) is 18.9 Å². The number of carbonyl (C=O) groups is 1. The lowest BCUT2D eigenvalue weighted by Gasteiger charge is -2.31. The quantitative estimate of drug-likeness (QED) is 0.884. The van der Waals surface area contributed by atoms with Crippen LogP contribution in [0.1, 0.15) is 12.8 Å². The number of urea groups is 1. The van der Waals surface area contributed by atoms with Crippen LogP contribution in [0.4, 0.5) is 10.5 Å². The maximum atomic E-state index is 12.5. The molecule has 1 fully saturated rings. The van der Waals surface area contributed by atoms with Crippen LogP contribution in [0.5, 0.6) is 17.5 Å². The molecule has 0 atom stereocenters. The minimum atomic E-state index is -0.147. The van der Waals surface area contributed by atoms with E-state index in [1.165, 1.54) is 0 Å². The summed E-state index contributed by atoms with van der Waals surface area (Å²) >= 11 is 0. The Labute approximate surface area is 152 Å². The average molecular weight is 358 g/mol. The highest BCUT2D eigenvalue weighted by Crippen LogP contribution is 2.30. The summed E-state index contributed by atoms with van der Waals surface area (Å²) in [6.45, 7) is 1.22. The average Bonchev–Trinajstić information content (AvgIpc) is 2.69. The largest absolute Gasteiger partial charge is 0.493 e. The smallest absolute Gasteiger partial charge is 0.321 e. The zero-order valence-electron chi connectivity index (χ0n) is 14.8. The van der Waals surface area contributed by atoms with E-state index in [-0.39, 0.29) is 12.1 Å². The Kier molecular flexibility index (Phi) is 5.73. The molecule has 0 radical (unpaired) electrons. The van der Waals surface area contributed by atoms with Crippen molar-refractivity contribution in [3.63, 3.8) is 0 Å². The number of hydrogen-bond acceptors (Lipinski definition) is 6. The number of aromatic nitrogens is 2. The third kappa shape index (κ3) is 4.33. The first-order valence-corrected chi connectivity index (χ1v) is 8.41. The second kappa shape index (κ2) is 8.37. The summed E-state index contributed by atoms with van der Waals surface area (Å²) in [4.78, 5) is 22.4. The molecule has 1 N–H and O–H groups in total. The third-order valence-electron chi connectivity index (χ3n) is 4.18. The highest BCUT2D eigenvalue weighted by Gasteiger charge is 2.24. The van der Waals surface area contributed by atoms with Gasteiger partial charge in [-0.2, -0.15) is 0 Å². The standard InChI is InChI=1S/C18H22N4O4/c1-24-15-5-4-13(12-16(15)25-2)21-18(23)22-10-6-14(7-11-22)26-17-19-8-3-9-20-17/h3-5,8-9,12,14H,6-7,10-11H2,1-2H3,(H,21,23). The Hall–Kier alpha value is -3.03. The molecule has 0 bridgehead atoms. The van der Waals surface area contributed by atoms with Crippen molar-refractivity contribution >= 4 is 11.7 Å². The number of anilines is 1. The first-order chi connectivity index (χ1) is 12.7. The number of nitrogens with one attached hydrogen (secondary N) is 1. The van der Waals surface area contributed by atoms with Crippen molar-refractivity contribution in [1.82, 2.24) is 14.9 Å². The van der Waals surface area contributed by atoms with E-state index in [0.717, 1.165) is 12.8 Å². The van der Waals surface area contributed by atoms with Gasteiger partial charge in [0.25, 0.3) is 0 Å². The zero-order valence-corrected chi connectivity index (χ0v) is 14.8. The van der Waals surface area contributed by atoms with Gasteiger partial charge in [0.05, 0.1) is 14.2 Å². The molecule has 2 amide bonds. The molecule has 26 heavy (non-hydrogen) atoms. The van der Waals surface area contributed by atoms with Gasteiger partial charge in [-0.25, -0.2) is 14.8 Å². The van der Waals surface area contributed by atoms with Gasteiger partial charge in [-0.05, 0) is 18.2 Å². The number of benzene rings is 1. The summed E-state index contributed by atoms with van der Waals surface area (Å²) in [5, 5.41) is 2.89. The Balaban J connectivity index is 1.52. The van der Waals surface area contributed by atoms with Crippen molar-refractivity contribution in [1.29, 1.82) is 0 Å². The van der Waals surface area contributed by atoms with Crippen LogP contribution in [0.2, 0.25) is 0 Å². The molecule has 1 aromatic carbocycles. The topological polar surface area (TPSA) is 85.8 Å². The fraction of sp³-hybridized carbons (Fsp3) is 0.389. The number of likely N-dealkylation sites (tertiary alicyclic amines) is 1. The molecule has 1 saturated heterocycles. The van der Waals surface area contributed by atoms with E-state index < -0.39 is 0 Å². The highest BCUT2D eigenvalue weighted by atomic mass is 16.5. The van der Waals surface area contributed by atoms with E-state index in [9.17, 15) is 4.79 Å². The van der Waals surface area contributed by atoms with Crippen LogP contribution in [0.3, 0.4) is 0 Å². The minimum absolute atomic E-state index is 0.0162. The Bertz CT molecular complexity index is 733. The van der Waals surface area contributed by atoms with Gasteiger partial charge in [-0.3, -0.25) is 0 Å². The number of methoxy groups -OCH3 is 2. The first-order valence-electron chi connectivity index (χ1n) is 8.41. The summed E-state index contributed by atoms with van der Waals surface area (Å²) in [7, 11) is 3.13. The lowest BCUT2D eigenvalue weighted by atomic mass is 10.1. The second-order valence-electron chi connectivity index (χ2n) is 5.84. The van der Waals surface area contributed by atoms with Gasteiger partial charge in [0.2, 0.25) is 0 Å². The van der Waals surface area contributed by atoms with E-state index >= 15 is 0 Å². The SMILES string of the molecule is COc1ccc(NC(=O)N2CCC(Oc3ncccn3)CC2)cc1OC. The minimum Gasteiger partial charge on any atom is -0.493 e. The predicted molar refractivity (Wildman–Crippen MR) is 95.8 cm³/mol. The van der Waals surface area contributed by atoms with Crippen LogP contribution < -0.4 is 19.5 Å². The van der Waals surface area contributed by atoms with Gasteiger partial charge >= 0.3 is 12.0 Å². The molecule has 2 heterocycles. The fourth-order valence-corrected chi connectivity index (χ4v) is 2.79. The Morgan fingerprint density at radius 1 is 1.12 bits per heavy atom. The van der Waals surface area contributed by atoms with Crippen LogP contribution in [-0.4, -0.2) is 54.3 Å². The molecular formula is C18H22N4O4. The lowest BCUT2D eigenvalue weighted by Crippen LogP contribution is -2.43. The van der Waals surface area contributed by atoms with Crippen LogP contribution >= 0.6 is 0 Å². The zero-order chi connectivity index (χ0) is 18.4. The summed E-state index contributed by atoms with van der Waals surface area (Å²) < 4.78 is 16.2. The van der Waals surface area contributed by atoms with Crippen LogP contribution in [0.25, 0.3) is 0 Å². The molecule has 2 aromatic rings. The number of piperidine rings is 1. The molecule has 0 spiro atoms. The number of carbonyl (C=O) groups excluding carboxylic acids is 1. The normalized spacial score (nSPS) is 14.6. The van der Waals surface area contributed by atoms with Crippen molar-refractivity contribution in [3.05, 3.63) is 36.7 Å². The van der Waals surface area contributed by atoms with Crippen molar-refractivity contribution in [3.8, 4) is 17.5 Å². The van der Waals surface area contributed by atoms with E-state index in [2.05, 4.69) is 15.3 Å². The molecule has 3 rings (SSSR count). The van der Waals surface area contributed by atoms with Gasteiger partial charge in [-0.15, -0.1) is 0 Å². The summed E-state index contributed by atoms with van der Waals surface area (Å²) in [5.41, 5.74) is 0.656. The van der Waals surface area contributed by atoms with Crippen molar-refractivity contribution in [2.75, 3.05) is 32.6 Å². The van der Waals surface area contributed by atoms with E-state index in [4.69, 9.17) is 14.2 Å². The maximum absolute atomic E-state index is 12.5. The number of ether oxygens (including phenoxy) is 3. The van der Waals surface area contributed by atoms with E-state index in [1.54, 1.807) is 55.8 Å². The summed E-state index contributed by atoms with van der Waals surface area (Å²) in [5.74, 6) is 1.19. The molecule has 0 aliphatic carbocycles. The lowest BCUT2D eigenvalue weighted by molar-refractivity contribution is 0.107. The number of nitrogens with zero attached hydrogens (tertiary/aromatic N) is 3. The molecule has 0 saturated carbocycles. The highest BCUT2D eigenvalue weighted by molar-refractivity contribution is 5.89.